The number of benzene rings is 1. The normalized spacial score (nSPS) is 15.7. The monoisotopic (exact) mass is 210 g/mol. The van der Waals surface area contributed by atoms with Gasteiger partial charge < -0.3 is 10.0 Å². The first-order chi connectivity index (χ1) is 6.59. The minimum absolute atomic E-state index is 0.499. The molecule has 1 aliphatic carbocycles. The molecule has 1 saturated carbocycles. The largest absolute Gasteiger partial charge is 0.488 e. The molecule has 0 unspecified atom stereocenters. The molecule has 0 bridgehead atoms. The topological polar surface area (TPSA) is 40.5 Å². The standard InChI is InChI=1S/C10H12BClO2/c1-6-4-8(7-2-3-7)10(12)5-9(6)11(13)14/h4-5,7,13-14H,2-3H2,1H3. The smallest absolute Gasteiger partial charge is 0.423 e. The summed E-state index contributed by atoms with van der Waals surface area (Å²) in [5.41, 5.74) is 2.54. The van der Waals surface area contributed by atoms with Gasteiger partial charge in [-0.1, -0.05) is 23.2 Å². The summed E-state index contributed by atoms with van der Waals surface area (Å²) in [5, 5.41) is 18.8. The molecule has 14 heavy (non-hydrogen) atoms. The highest BCUT2D eigenvalue weighted by atomic mass is 35.5. The number of aryl methyl sites for hydroxylation is 1. The fourth-order valence-electron chi connectivity index (χ4n) is 1.70. The van der Waals surface area contributed by atoms with Gasteiger partial charge in [0.25, 0.3) is 0 Å². The van der Waals surface area contributed by atoms with E-state index in [1.54, 1.807) is 6.07 Å². The predicted molar refractivity (Wildman–Crippen MR) is 58.0 cm³/mol. The zero-order valence-corrected chi connectivity index (χ0v) is 8.75. The lowest BCUT2D eigenvalue weighted by atomic mass is 9.76. The van der Waals surface area contributed by atoms with Gasteiger partial charge in [-0.05, 0) is 42.8 Å². The summed E-state index contributed by atoms with van der Waals surface area (Å²) >= 11 is 6.06. The maximum absolute atomic E-state index is 9.07. The van der Waals surface area contributed by atoms with E-state index in [4.69, 9.17) is 21.6 Å². The Bertz CT molecular complexity index is 334. The first-order valence-corrected chi connectivity index (χ1v) is 5.13. The van der Waals surface area contributed by atoms with Crippen molar-refractivity contribution in [2.24, 2.45) is 0 Å². The van der Waals surface area contributed by atoms with E-state index in [0.717, 1.165) is 11.1 Å². The van der Waals surface area contributed by atoms with Gasteiger partial charge in [0, 0.05) is 5.02 Å². The van der Waals surface area contributed by atoms with Crippen molar-refractivity contribution in [3.05, 3.63) is 28.3 Å². The van der Waals surface area contributed by atoms with Crippen LogP contribution in [0.3, 0.4) is 0 Å². The van der Waals surface area contributed by atoms with Crippen molar-refractivity contribution in [1.29, 1.82) is 0 Å². The summed E-state index contributed by atoms with van der Waals surface area (Å²) < 4.78 is 0. The van der Waals surface area contributed by atoms with Crippen LogP contribution in [-0.2, 0) is 0 Å². The molecule has 1 fully saturated rings. The average Bonchev–Trinajstić information content (AvgIpc) is 2.91. The molecule has 1 aliphatic rings. The quantitative estimate of drug-likeness (QED) is 0.720. The second-order valence-corrected chi connectivity index (χ2v) is 4.29. The van der Waals surface area contributed by atoms with Crippen LogP contribution in [0, 0.1) is 6.92 Å². The third kappa shape index (κ3) is 1.80. The zero-order valence-electron chi connectivity index (χ0n) is 8.00. The molecule has 1 aromatic rings. The third-order valence-corrected chi connectivity index (χ3v) is 3.01. The molecule has 2 N–H and O–H groups in total. The van der Waals surface area contributed by atoms with Gasteiger partial charge in [0.2, 0.25) is 0 Å². The van der Waals surface area contributed by atoms with E-state index in [0.29, 0.717) is 16.4 Å². The Morgan fingerprint density at radius 1 is 1.36 bits per heavy atom. The molecule has 2 rings (SSSR count). The molecule has 0 amide bonds. The lowest BCUT2D eigenvalue weighted by Crippen LogP contribution is -2.32. The van der Waals surface area contributed by atoms with Crippen molar-refractivity contribution in [1.82, 2.24) is 0 Å². The summed E-state index contributed by atoms with van der Waals surface area (Å²) in [5.74, 6) is 0.589. The van der Waals surface area contributed by atoms with Gasteiger partial charge in [0.05, 0.1) is 0 Å². The molecule has 4 heteroatoms. The van der Waals surface area contributed by atoms with Crippen LogP contribution in [0.5, 0.6) is 0 Å². The number of halogens is 1. The van der Waals surface area contributed by atoms with Crippen LogP contribution in [0.25, 0.3) is 0 Å². The summed E-state index contributed by atoms with van der Waals surface area (Å²) in [4.78, 5) is 0. The van der Waals surface area contributed by atoms with Gasteiger partial charge in [-0.15, -0.1) is 0 Å². The highest BCUT2D eigenvalue weighted by Gasteiger charge is 2.27. The first kappa shape index (κ1) is 10.0. The van der Waals surface area contributed by atoms with Crippen LogP contribution in [0.2, 0.25) is 5.02 Å². The highest BCUT2D eigenvalue weighted by molar-refractivity contribution is 6.59. The van der Waals surface area contributed by atoms with E-state index in [1.165, 1.54) is 12.8 Å². The highest BCUT2D eigenvalue weighted by Crippen LogP contribution is 2.43. The molecular formula is C10H12BClO2. The Balaban J connectivity index is 2.43. The molecule has 0 aromatic heterocycles. The van der Waals surface area contributed by atoms with E-state index in [-0.39, 0.29) is 0 Å². The lowest BCUT2D eigenvalue weighted by molar-refractivity contribution is 0.425. The van der Waals surface area contributed by atoms with Gasteiger partial charge in [-0.25, -0.2) is 0 Å². The Kier molecular flexibility index (Phi) is 2.56. The Labute approximate surface area is 88.7 Å². The molecular weight excluding hydrogens is 198 g/mol. The number of hydrogen-bond donors (Lipinski definition) is 2. The van der Waals surface area contributed by atoms with Crippen LogP contribution in [0.1, 0.15) is 29.9 Å². The molecule has 0 aliphatic heterocycles. The van der Waals surface area contributed by atoms with Crippen molar-refractivity contribution in [2.75, 3.05) is 0 Å². The molecule has 2 nitrogen and oxygen atoms in total. The summed E-state index contributed by atoms with van der Waals surface area (Å²) in [6.45, 7) is 1.87. The van der Waals surface area contributed by atoms with E-state index in [1.807, 2.05) is 13.0 Å². The predicted octanol–water partition coefficient (Wildman–Crippen LogP) is 1.21. The maximum atomic E-state index is 9.07. The molecule has 74 valence electrons. The van der Waals surface area contributed by atoms with Gasteiger partial charge in [0.15, 0.2) is 0 Å². The van der Waals surface area contributed by atoms with Gasteiger partial charge in [-0.2, -0.15) is 0 Å². The molecule has 0 radical (unpaired) electrons. The van der Waals surface area contributed by atoms with Gasteiger partial charge in [0.1, 0.15) is 0 Å². The minimum Gasteiger partial charge on any atom is -0.423 e. The Morgan fingerprint density at radius 3 is 2.50 bits per heavy atom. The van der Waals surface area contributed by atoms with Crippen molar-refractivity contribution in [3.63, 3.8) is 0 Å². The Hall–Kier alpha value is -0.505. The molecule has 0 atom stereocenters. The molecule has 0 heterocycles. The lowest BCUT2D eigenvalue weighted by Gasteiger charge is -2.09. The Morgan fingerprint density at radius 2 is 2.00 bits per heavy atom. The third-order valence-electron chi connectivity index (χ3n) is 2.68. The van der Waals surface area contributed by atoms with E-state index < -0.39 is 7.12 Å². The van der Waals surface area contributed by atoms with E-state index >= 15 is 0 Å². The number of hydrogen-bond acceptors (Lipinski definition) is 2. The van der Waals surface area contributed by atoms with Crippen molar-refractivity contribution in [2.45, 2.75) is 25.7 Å². The van der Waals surface area contributed by atoms with Crippen molar-refractivity contribution >= 4 is 24.2 Å². The SMILES string of the molecule is Cc1cc(C2CC2)c(Cl)cc1B(O)O. The maximum Gasteiger partial charge on any atom is 0.488 e. The van der Waals surface area contributed by atoms with E-state index in [2.05, 4.69) is 0 Å². The summed E-state index contributed by atoms with van der Waals surface area (Å²) in [7, 11) is -1.43. The fraction of sp³-hybridized carbons (Fsp3) is 0.400. The van der Waals surface area contributed by atoms with Crippen molar-refractivity contribution < 1.29 is 10.0 Å². The van der Waals surface area contributed by atoms with Crippen LogP contribution in [0.15, 0.2) is 12.1 Å². The second kappa shape index (κ2) is 3.57. The average molecular weight is 210 g/mol. The minimum atomic E-state index is -1.43. The van der Waals surface area contributed by atoms with Crippen LogP contribution in [0.4, 0.5) is 0 Å². The van der Waals surface area contributed by atoms with E-state index in [9.17, 15) is 0 Å². The van der Waals surface area contributed by atoms with Crippen LogP contribution in [-0.4, -0.2) is 17.2 Å². The first-order valence-electron chi connectivity index (χ1n) is 4.75. The molecule has 0 spiro atoms. The van der Waals surface area contributed by atoms with Gasteiger partial charge in [-0.3, -0.25) is 0 Å². The molecule has 1 aromatic carbocycles. The van der Waals surface area contributed by atoms with Gasteiger partial charge >= 0.3 is 7.12 Å². The second-order valence-electron chi connectivity index (χ2n) is 3.88. The zero-order chi connectivity index (χ0) is 10.3. The van der Waals surface area contributed by atoms with Crippen LogP contribution < -0.4 is 5.46 Å². The van der Waals surface area contributed by atoms with Crippen molar-refractivity contribution in [3.8, 4) is 0 Å². The fourth-order valence-corrected chi connectivity index (χ4v) is 2.03. The molecule has 0 saturated heterocycles. The summed E-state index contributed by atoms with van der Waals surface area (Å²) in [6, 6.07) is 3.63. The number of rotatable bonds is 2. The van der Waals surface area contributed by atoms with Crippen LogP contribution >= 0.6 is 11.6 Å². The summed E-state index contributed by atoms with van der Waals surface area (Å²) in [6.07, 6.45) is 2.39.